The summed E-state index contributed by atoms with van der Waals surface area (Å²) in [6.07, 6.45) is 0.590. The second-order valence-corrected chi connectivity index (χ2v) is 4.91. The lowest BCUT2D eigenvalue weighted by Crippen LogP contribution is -1.97. The number of halogens is 2. The molecule has 0 fully saturated rings. The molecule has 0 radical (unpaired) electrons. The fraction of sp³-hybridized carbons (Fsp3) is 0.250. The number of benzene rings is 1. The van der Waals surface area contributed by atoms with Crippen LogP contribution in [0.3, 0.4) is 0 Å². The van der Waals surface area contributed by atoms with Gasteiger partial charge in [-0.25, -0.2) is 4.68 Å². The smallest absolute Gasteiger partial charge is 0.113 e. The van der Waals surface area contributed by atoms with Crippen LogP contribution in [-0.2, 0) is 6.42 Å². The standard InChI is InChI=1S/C12H12BrClN2O/c1-8-11(5-6-17)12(13)16(15-8)10-4-2-3-9(14)7-10/h2-4,7,17H,5-6H2,1H3. The molecular formula is C12H12BrClN2O. The van der Waals surface area contributed by atoms with Gasteiger partial charge in [0.25, 0.3) is 0 Å². The van der Waals surface area contributed by atoms with Crippen LogP contribution in [0.15, 0.2) is 28.9 Å². The topological polar surface area (TPSA) is 38.0 Å². The van der Waals surface area contributed by atoms with Gasteiger partial charge in [-0.15, -0.1) is 0 Å². The maximum absolute atomic E-state index is 9.01. The molecule has 0 aliphatic carbocycles. The van der Waals surface area contributed by atoms with Crippen LogP contribution in [-0.4, -0.2) is 21.5 Å². The molecule has 0 aliphatic rings. The van der Waals surface area contributed by atoms with Crippen molar-refractivity contribution in [2.24, 2.45) is 0 Å². The van der Waals surface area contributed by atoms with E-state index in [9.17, 15) is 0 Å². The van der Waals surface area contributed by atoms with Crippen molar-refractivity contribution in [3.05, 3.63) is 45.1 Å². The summed E-state index contributed by atoms with van der Waals surface area (Å²) in [6, 6.07) is 7.49. The minimum atomic E-state index is 0.112. The highest BCUT2D eigenvalue weighted by Crippen LogP contribution is 2.25. The summed E-state index contributed by atoms with van der Waals surface area (Å²) < 4.78 is 2.65. The van der Waals surface area contributed by atoms with E-state index >= 15 is 0 Å². The Morgan fingerprint density at radius 3 is 2.88 bits per heavy atom. The Morgan fingerprint density at radius 2 is 2.24 bits per heavy atom. The van der Waals surface area contributed by atoms with E-state index < -0.39 is 0 Å². The molecule has 3 nitrogen and oxygen atoms in total. The van der Waals surface area contributed by atoms with Crippen molar-refractivity contribution in [1.82, 2.24) is 9.78 Å². The van der Waals surface area contributed by atoms with Crippen molar-refractivity contribution in [2.45, 2.75) is 13.3 Å². The van der Waals surface area contributed by atoms with E-state index in [1.807, 2.05) is 31.2 Å². The number of nitrogens with zero attached hydrogens (tertiary/aromatic N) is 2. The Morgan fingerprint density at radius 1 is 1.47 bits per heavy atom. The van der Waals surface area contributed by atoms with Crippen molar-refractivity contribution < 1.29 is 5.11 Å². The van der Waals surface area contributed by atoms with E-state index in [1.54, 1.807) is 4.68 Å². The van der Waals surface area contributed by atoms with Crippen molar-refractivity contribution in [3.63, 3.8) is 0 Å². The van der Waals surface area contributed by atoms with Gasteiger partial charge in [-0.05, 0) is 41.1 Å². The first-order valence-corrected chi connectivity index (χ1v) is 6.41. The van der Waals surface area contributed by atoms with Gasteiger partial charge in [0, 0.05) is 23.6 Å². The summed E-state index contributed by atoms with van der Waals surface area (Å²) in [5, 5.41) is 14.1. The monoisotopic (exact) mass is 314 g/mol. The zero-order valence-electron chi connectivity index (χ0n) is 9.32. The Kier molecular flexibility index (Phi) is 3.86. The fourth-order valence-corrected chi connectivity index (χ4v) is 2.66. The summed E-state index contributed by atoms with van der Waals surface area (Å²) in [7, 11) is 0. The number of aryl methyl sites for hydroxylation is 1. The number of aliphatic hydroxyl groups is 1. The number of aliphatic hydroxyl groups excluding tert-OH is 1. The summed E-state index contributed by atoms with van der Waals surface area (Å²) in [5.41, 5.74) is 2.83. The molecule has 17 heavy (non-hydrogen) atoms. The molecule has 2 aromatic rings. The highest BCUT2D eigenvalue weighted by Gasteiger charge is 2.13. The number of hydrogen-bond donors (Lipinski definition) is 1. The predicted octanol–water partition coefficient (Wildman–Crippen LogP) is 3.13. The van der Waals surface area contributed by atoms with Gasteiger partial charge in [0.15, 0.2) is 0 Å². The average Bonchev–Trinajstić information content (AvgIpc) is 2.57. The molecule has 1 heterocycles. The molecule has 0 unspecified atom stereocenters. The van der Waals surface area contributed by atoms with Gasteiger partial charge in [0.2, 0.25) is 0 Å². The molecule has 2 rings (SSSR count). The molecule has 0 atom stereocenters. The molecule has 1 aromatic heterocycles. The third kappa shape index (κ3) is 2.54. The Bertz CT molecular complexity index is 539. The van der Waals surface area contributed by atoms with Gasteiger partial charge in [0.05, 0.1) is 11.4 Å². The molecule has 0 saturated carbocycles. The van der Waals surface area contributed by atoms with E-state index in [4.69, 9.17) is 16.7 Å². The predicted molar refractivity (Wildman–Crippen MR) is 71.8 cm³/mol. The van der Waals surface area contributed by atoms with Gasteiger partial charge < -0.3 is 5.11 Å². The molecule has 0 spiro atoms. The van der Waals surface area contributed by atoms with Gasteiger partial charge >= 0.3 is 0 Å². The largest absolute Gasteiger partial charge is 0.396 e. The summed E-state index contributed by atoms with van der Waals surface area (Å²) in [6.45, 7) is 2.04. The second-order valence-electron chi connectivity index (χ2n) is 3.72. The molecule has 0 bridgehead atoms. The molecule has 0 saturated heterocycles. The van der Waals surface area contributed by atoms with Crippen LogP contribution in [0.1, 0.15) is 11.3 Å². The third-order valence-corrected chi connectivity index (χ3v) is 3.59. The molecule has 1 aromatic carbocycles. The maximum Gasteiger partial charge on any atom is 0.113 e. The van der Waals surface area contributed by atoms with Crippen LogP contribution >= 0.6 is 27.5 Å². The van der Waals surface area contributed by atoms with Gasteiger partial charge in [-0.1, -0.05) is 17.7 Å². The third-order valence-electron chi connectivity index (χ3n) is 2.54. The van der Waals surface area contributed by atoms with Crippen molar-refractivity contribution >= 4 is 27.5 Å². The quantitative estimate of drug-likeness (QED) is 0.945. The summed E-state index contributed by atoms with van der Waals surface area (Å²) >= 11 is 9.47. The average molecular weight is 316 g/mol. The number of aromatic nitrogens is 2. The summed E-state index contributed by atoms with van der Waals surface area (Å²) in [5.74, 6) is 0. The van der Waals surface area contributed by atoms with E-state index in [-0.39, 0.29) is 6.61 Å². The van der Waals surface area contributed by atoms with Crippen LogP contribution in [0.5, 0.6) is 0 Å². The highest BCUT2D eigenvalue weighted by molar-refractivity contribution is 9.10. The maximum atomic E-state index is 9.01. The van der Waals surface area contributed by atoms with Gasteiger partial charge in [-0.2, -0.15) is 5.10 Å². The number of rotatable bonds is 3. The van der Waals surface area contributed by atoms with Crippen molar-refractivity contribution in [3.8, 4) is 5.69 Å². The first-order chi connectivity index (χ1) is 8.13. The molecule has 90 valence electrons. The highest BCUT2D eigenvalue weighted by atomic mass is 79.9. The van der Waals surface area contributed by atoms with Crippen molar-refractivity contribution in [1.29, 1.82) is 0 Å². The molecule has 0 aliphatic heterocycles. The summed E-state index contributed by atoms with van der Waals surface area (Å²) in [4.78, 5) is 0. The lowest BCUT2D eigenvalue weighted by Gasteiger charge is -2.04. The van der Waals surface area contributed by atoms with Crippen LogP contribution in [0.4, 0.5) is 0 Å². The van der Waals surface area contributed by atoms with Gasteiger partial charge in [-0.3, -0.25) is 0 Å². The van der Waals surface area contributed by atoms with Crippen LogP contribution in [0.25, 0.3) is 5.69 Å². The van der Waals surface area contributed by atoms with Crippen molar-refractivity contribution in [2.75, 3.05) is 6.61 Å². The van der Waals surface area contributed by atoms with E-state index in [0.717, 1.165) is 21.5 Å². The SMILES string of the molecule is Cc1nn(-c2cccc(Cl)c2)c(Br)c1CCO. The normalized spacial score (nSPS) is 10.8. The van der Waals surface area contributed by atoms with E-state index in [0.29, 0.717) is 11.4 Å². The molecule has 5 heteroatoms. The van der Waals surface area contributed by atoms with Gasteiger partial charge in [0.1, 0.15) is 4.60 Å². The Labute approximate surface area is 113 Å². The lowest BCUT2D eigenvalue weighted by atomic mass is 10.2. The zero-order chi connectivity index (χ0) is 12.4. The number of hydrogen-bond acceptors (Lipinski definition) is 2. The van der Waals surface area contributed by atoms with Crippen LogP contribution < -0.4 is 0 Å². The van der Waals surface area contributed by atoms with Crippen LogP contribution in [0, 0.1) is 6.92 Å². The molecule has 1 N–H and O–H groups in total. The first kappa shape index (κ1) is 12.6. The fourth-order valence-electron chi connectivity index (χ4n) is 1.71. The van der Waals surface area contributed by atoms with E-state index in [2.05, 4.69) is 21.0 Å². The first-order valence-electron chi connectivity index (χ1n) is 5.24. The second kappa shape index (κ2) is 5.21. The Hall–Kier alpha value is -0.840. The Balaban J connectivity index is 2.50. The lowest BCUT2D eigenvalue weighted by molar-refractivity contribution is 0.299. The van der Waals surface area contributed by atoms with E-state index in [1.165, 1.54) is 0 Å². The molecular weight excluding hydrogens is 304 g/mol. The minimum Gasteiger partial charge on any atom is -0.396 e. The van der Waals surface area contributed by atoms with Crippen LogP contribution in [0.2, 0.25) is 5.02 Å². The minimum absolute atomic E-state index is 0.112. The zero-order valence-corrected chi connectivity index (χ0v) is 11.7. The molecule has 0 amide bonds.